The molecule has 2 aromatic carbocycles. The molecule has 0 spiro atoms. The molecule has 0 aliphatic carbocycles. The molecule has 0 saturated carbocycles. The van der Waals surface area contributed by atoms with Crippen LogP contribution in [0.25, 0.3) is 0 Å². The Labute approximate surface area is 163 Å². The normalized spacial score (nSPS) is 11.5. The summed E-state index contributed by atoms with van der Waals surface area (Å²) >= 11 is 0. The third-order valence-electron chi connectivity index (χ3n) is 4.07. The van der Waals surface area contributed by atoms with Crippen LogP contribution in [0, 0.1) is 6.92 Å². The zero-order chi connectivity index (χ0) is 20.1. The predicted molar refractivity (Wildman–Crippen MR) is 107 cm³/mol. The van der Waals surface area contributed by atoms with Crippen molar-refractivity contribution in [3.8, 4) is 0 Å². The fourth-order valence-electron chi connectivity index (χ4n) is 2.41. The summed E-state index contributed by atoms with van der Waals surface area (Å²) in [5.74, 6) is 0.0944. The van der Waals surface area contributed by atoms with Gasteiger partial charge < -0.3 is 4.42 Å². The molecule has 1 amide bonds. The van der Waals surface area contributed by atoms with Crippen molar-refractivity contribution in [3.63, 3.8) is 0 Å². The summed E-state index contributed by atoms with van der Waals surface area (Å²) in [6.07, 6.45) is 2.89. The lowest BCUT2D eigenvalue weighted by atomic mass is 10.2. The first-order valence-electron chi connectivity index (χ1n) is 8.40. The van der Waals surface area contributed by atoms with Crippen LogP contribution in [-0.2, 0) is 10.0 Å². The minimum absolute atomic E-state index is 0.203. The first-order chi connectivity index (χ1) is 13.4. The molecular formula is C20H19N3O4S. The molecule has 28 heavy (non-hydrogen) atoms. The van der Waals surface area contributed by atoms with E-state index in [2.05, 4.69) is 10.5 Å². The summed E-state index contributed by atoms with van der Waals surface area (Å²) < 4.78 is 31.7. The van der Waals surface area contributed by atoms with E-state index in [1.165, 1.54) is 36.0 Å². The Morgan fingerprint density at radius 2 is 1.75 bits per heavy atom. The van der Waals surface area contributed by atoms with Crippen LogP contribution in [0.3, 0.4) is 0 Å². The van der Waals surface area contributed by atoms with E-state index in [-0.39, 0.29) is 4.90 Å². The molecule has 0 bridgehead atoms. The fraction of sp³-hybridized carbons (Fsp3) is 0.100. The number of nitrogens with one attached hydrogen (secondary N) is 1. The van der Waals surface area contributed by atoms with Crippen molar-refractivity contribution in [2.45, 2.75) is 11.8 Å². The SMILES string of the molecule is Cc1ccc(S(=O)(=O)N(C)c2ccc(C(=O)N/N=C\c3ccco3)cc2)cc1. The molecule has 1 aromatic heterocycles. The zero-order valence-corrected chi connectivity index (χ0v) is 16.2. The van der Waals surface area contributed by atoms with Crippen LogP contribution in [0.4, 0.5) is 5.69 Å². The van der Waals surface area contributed by atoms with Gasteiger partial charge >= 0.3 is 0 Å². The molecule has 3 aromatic rings. The lowest BCUT2D eigenvalue weighted by Gasteiger charge is -2.19. The van der Waals surface area contributed by atoms with Crippen molar-refractivity contribution in [3.05, 3.63) is 83.8 Å². The Morgan fingerprint density at radius 3 is 2.36 bits per heavy atom. The van der Waals surface area contributed by atoms with Crippen LogP contribution in [0.5, 0.6) is 0 Å². The first kappa shape index (κ1) is 19.4. The van der Waals surface area contributed by atoms with E-state index in [1.54, 1.807) is 48.5 Å². The molecule has 1 heterocycles. The van der Waals surface area contributed by atoms with Crippen molar-refractivity contribution >= 4 is 27.8 Å². The minimum atomic E-state index is -3.68. The van der Waals surface area contributed by atoms with Gasteiger partial charge in [-0.3, -0.25) is 9.10 Å². The molecule has 8 heteroatoms. The topological polar surface area (TPSA) is 92.0 Å². The molecule has 0 unspecified atom stereocenters. The molecule has 0 radical (unpaired) electrons. The minimum Gasteiger partial charge on any atom is -0.463 e. The van der Waals surface area contributed by atoms with E-state index >= 15 is 0 Å². The standard InChI is InChI=1S/C20H19N3O4S/c1-15-5-11-19(12-6-15)28(25,26)23(2)17-9-7-16(8-10-17)20(24)22-21-14-18-4-3-13-27-18/h3-14H,1-2H3,(H,22,24)/b21-14-. The highest BCUT2D eigenvalue weighted by Gasteiger charge is 2.21. The van der Waals surface area contributed by atoms with Gasteiger partial charge in [0.05, 0.1) is 23.1 Å². The average Bonchev–Trinajstić information content (AvgIpc) is 3.21. The van der Waals surface area contributed by atoms with Crippen LogP contribution >= 0.6 is 0 Å². The Bertz CT molecular complexity index is 1070. The lowest BCUT2D eigenvalue weighted by molar-refractivity contribution is 0.0955. The highest BCUT2D eigenvalue weighted by molar-refractivity contribution is 7.92. The van der Waals surface area contributed by atoms with E-state index in [4.69, 9.17) is 4.42 Å². The average molecular weight is 397 g/mol. The number of benzene rings is 2. The summed E-state index contributed by atoms with van der Waals surface area (Å²) in [6.45, 7) is 1.89. The second kappa shape index (κ2) is 8.10. The molecule has 0 atom stereocenters. The van der Waals surface area contributed by atoms with E-state index < -0.39 is 15.9 Å². The zero-order valence-electron chi connectivity index (χ0n) is 15.4. The second-order valence-electron chi connectivity index (χ2n) is 6.05. The third-order valence-corrected chi connectivity index (χ3v) is 5.87. The van der Waals surface area contributed by atoms with Gasteiger partial charge in [0.25, 0.3) is 15.9 Å². The van der Waals surface area contributed by atoms with Crippen LogP contribution in [0.2, 0.25) is 0 Å². The van der Waals surface area contributed by atoms with Crippen molar-refractivity contribution in [1.82, 2.24) is 5.43 Å². The number of sulfonamides is 1. The van der Waals surface area contributed by atoms with Crippen molar-refractivity contribution in [1.29, 1.82) is 0 Å². The molecule has 0 saturated heterocycles. The van der Waals surface area contributed by atoms with Crippen LogP contribution in [0.1, 0.15) is 21.7 Å². The monoisotopic (exact) mass is 397 g/mol. The summed E-state index contributed by atoms with van der Waals surface area (Å²) in [7, 11) is -2.21. The van der Waals surface area contributed by atoms with Crippen molar-refractivity contribution < 1.29 is 17.6 Å². The Morgan fingerprint density at radius 1 is 1.07 bits per heavy atom. The number of furan rings is 1. The molecule has 0 fully saturated rings. The molecular weight excluding hydrogens is 378 g/mol. The number of rotatable bonds is 6. The molecule has 7 nitrogen and oxygen atoms in total. The van der Waals surface area contributed by atoms with Crippen molar-refractivity contribution in [2.75, 3.05) is 11.4 Å². The maximum Gasteiger partial charge on any atom is 0.271 e. The first-order valence-corrected chi connectivity index (χ1v) is 9.84. The molecule has 1 N–H and O–H groups in total. The fourth-order valence-corrected chi connectivity index (χ4v) is 3.61. The molecule has 0 aliphatic rings. The van der Waals surface area contributed by atoms with Gasteiger partial charge in [0.2, 0.25) is 0 Å². The number of hydrogen-bond donors (Lipinski definition) is 1. The number of carbonyl (C=O) groups excluding carboxylic acids is 1. The van der Waals surface area contributed by atoms with Gasteiger partial charge in [-0.25, -0.2) is 13.8 Å². The molecule has 144 valence electrons. The van der Waals surface area contributed by atoms with Gasteiger partial charge in [0.15, 0.2) is 0 Å². The van der Waals surface area contributed by atoms with Gasteiger partial charge in [0.1, 0.15) is 5.76 Å². The van der Waals surface area contributed by atoms with Gasteiger partial charge in [-0.1, -0.05) is 17.7 Å². The van der Waals surface area contributed by atoms with E-state index in [9.17, 15) is 13.2 Å². The molecule has 0 aliphatic heterocycles. The Balaban J connectivity index is 1.70. The Hall–Kier alpha value is -3.39. The quantitative estimate of drug-likeness (QED) is 0.511. The summed E-state index contributed by atoms with van der Waals surface area (Å²) in [5.41, 5.74) is 4.15. The summed E-state index contributed by atoms with van der Waals surface area (Å²) in [6, 6.07) is 16.3. The maximum absolute atomic E-state index is 12.7. The van der Waals surface area contributed by atoms with E-state index in [0.717, 1.165) is 5.56 Å². The van der Waals surface area contributed by atoms with Crippen LogP contribution in [0.15, 0.2) is 81.3 Å². The number of hydrogen-bond acceptors (Lipinski definition) is 5. The summed E-state index contributed by atoms with van der Waals surface area (Å²) in [5, 5.41) is 3.81. The van der Waals surface area contributed by atoms with Crippen molar-refractivity contribution in [2.24, 2.45) is 5.10 Å². The highest BCUT2D eigenvalue weighted by atomic mass is 32.2. The van der Waals surface area contributed by atoms with Crippen LogP contribution < -0.4 is 9.73 Å². The number of amides is 1. The summed E-state index contributed by atoms with van der Waals surface area (Å²) in [4.78, 5) is 12.3. The van der Waals surface area contributed by atoms with Gasteiger partial charge in [-0.2, -0.15) is 5.10 Å². The second-order valence-corrected chi connectivity index (χ2v) is 8.02. The smallest absolute Gasteiger partial charge is 0.271 e. The molecule has 3 rings (SSSR count). The van der Waals surface area contributed by atoms with Gasteiger partial charge in [-0.15, -0.1) is 0 Å². The number of nitrogens with zero attached hydrogens (tertiary/aromatic N) is 2. The van der Waals surface area contributed by atoms with E-state index in [0.29, 0.717) is 17.0 Å². The third kappa shape index (κ3) is 4.29. The predicted octanol–water partition coefficient (Wildman–Crippen LogP) is 3.18. The number of aryl methyl sites for hydroxylation is 1. The number of anilines is 1. The number of carbonyl (C=O) groups is 1. The Kier molecular flexibility index (Phi) is 5.60. The van der Waals surface area contributed by atoms with Crippen LogP contribution in [-0.4, -0.2) is 27.6 Å². The van der Waals surface area contributed by atoms with Gasteiger partial charge in [0, 0.05) is 12.6 Å². The lowest BCUT2D eigenvalue weighted by Crippen LogP contribution is -2.26. The van der Waals surface area contributed by atoms with E-state index in [1.807, 2.05) is 6.92 Å². The largest absolute Gasteiger partial charge is 0.463 e. The maximum atomic E-state index is 12.7. The number of hydrazone groups is 1. The van der Waals surface area contributed by atoms with Gasteiger partial charge in [-0.05, 0) is 55.5 Å². The highest BCUT2D eigenvalue weighted by Crippen LogP contribution is 2.22.